The lowest BCUT2D eigenvalue weighted by atomic mass is 10.2. The summed E-state index contributed by atoms with van der Waals surface area (Å²) in [6.45, 7) is 0.638. The van der Waals surface area contributed by atoms with E-state index in [4.69, 9.17) is 10.5 Å². The molecule has 0 amide bonds. The maximum atomic E-state index is 12.7. The Balaban J connectivity index is 0.00000242. The van der Waals surface area contributed by atoms with Crippen molar-refractivity contribution in [3.63, 3.8) is 0 Å². The molecule has 0 aromatic heterocycles. The molecule has 1 heterocycles. The highest BCUT2D eigenvalue weighted by atomic mass is 35.5. The molecule has 1 aliphatic heterocycles. The molecule has 8 nitrogen and oxygen atoms in total. The maximum absolute atomic E-state index is 12.7. The molecule has 10 heteroatoms. The number of ether oxygens (including phenoxy) is 1. The number of non-ortho nitro benzene ring substituents is 1. The van der Waals surface area contributed by atoms with E-state index in [-0.39, 0.29) is 41.3 Å². The number of hydrogen-bond acceptors (Lipinski definition) is 6. The maximum Gasteiger partial charge on any atom is 0.273 e. The summed E-state index contributed by atoms with van der Waals surface area (Å²) in [7, 11) is -2.50. The van der Waals surface area contributed by atoms with Gasteiger partial charge in [0.1, 0.15) is 10.6 Å². The van der Waals surface area contributed by atoms with E-state index in [0.717, 1.165) is 18.6 Å². The molecule has 0 bridgehead atoms. The van der Waals surface area contributed by atoms with Crippen LogP contribution in [0, 0.1) is 10.1 Å². The smallest absolute Gasteiger partial charge is 0.273 e. The van der Waals surface area contributed by atoms with Crippen LogP contribution in [0.15, 0.2) is 23.1 Å². The number of sulfonamides is 1. The number of nitrogens with two attached hydrogens (primary N) is 1. The zero-order valence-electron chi connectivity index (χ0n) is 12.0. The number of nitro groups is 1. The number of rotatable bonds is 5. The van der Waals surface area contributed by atoms with Crippen molar-refractivity contribution in [2.45, 2.75) is 23.8 Å². The summed E-state index contributed by atoms with van der Waals surface area (Å²) in [6, 6.07) is 3.23. The first-order chi connectivity index (χ1) is 9.91. The Kier molecular flexibility index (Phi) is 6.12. The summed E-state index contributed by atoms with van der Waals surface area (Å²) in [6.07, 6.45) is 1.46. The average Bonchev–Trinajstić information content (AvgIpc) is 2.95. The van der Waals surface area contributed by atoms with Gasteiger partial charge in [0.2, 0.25) is 10.0 Å². The number of methoxy groups -OCH3 is 1. The van der Waals surface area contributed by atoms with Crippen molar-refractivity contribution in [1.29, 1.82) is 0 Å². The second-order valence-electron chi connectivity index (χ2n) is 4.74. The number of hydrogen-bond donors (Lipinski definition) is 1. The molecule has 1 saturated heterocycles. The molecule has 2 rings (SSSR count). The zero-order chi connectivity index (χ0) is 15.6. The van der Waals surface area contributed by atoms with Gasteiger partial charge in [-0.25, -0.2) is 8.42 Å². The second kappa shape index (κ2) is 7.23. The van der Waals surface area contributed by atoms with E-state index in [1.165, 1.54) is 17.5 Å². The highest BCUT2D eigenvalue weighted by molar-refractivity contribution is 7.89. The topological polar surface area (TPSA) is 116 Å². The molecule has 0 radical (unpaired) electrons. The predicted octanol–water partition coefficient (Wildman–Crippen LogP) is 1.14. The highest BCUT2D eigenvalue weighted by Crippen LogP contribution is 2.33. The fraction of sp³-hybridized carbons (Fsp3) is 0.500. The van der Waals surface area contributed by atoms with Crippen LogP contribution in [0.2, 0.25) is 0 Å². The summed E-state index contributed by atoms with van der Waals surface area (Å²) >= 11 is 0. The Morgan fingerprint density at radius 2 is 2.18 bits per heavy atom. The number of benzene rings is 1. The molecule has 1 unspecified atom stereocenters. The minimum atomic E-state index is -3.78. The van der Waals surface area contributed by atoms with Crippen LogP contribution in [0.3, 0.4) is 0 Å². The molecule has 0 saturated carbocycles. The standard InChI is InChI=1S/C12H17N3O5S.ClH/c1-20-11-7-9(15(16)17)4-5-12(11)21(18,19)14-6-2-3-10(14)8-13;/h4-5,7,10H,2-3,6,8,13H2,1H3;1H. The molecule has 1 aromatic rings. The molecular weight excluding hydrogens is 334 g/mol. The second-order valence-corrected chi connectivity index (χ2v) is 6.60. The Bertz CT molecular complexity index is 652. The molecular formula is C12H18ClN3O5S. The number of halogens is 1. The van der Waals surface area contributed by atoms with Crippen LogP contribution in [0.25, 0.3) is 0 Å². The quantitative estimate of drug-likeness (QED) is 0.628. The van der Waals surface area contributed by atoms with Crippen LogP contribution in [0.5, 0.6) is 5.75 Å². The molecule has 1 atom stereocenters. The lowest BCUT2D eigenvalue weighted by Gasteiger charge is -2.23. The lowest BCUT2D eigenvalue weighted by Crippen LogP contribution is -2.39. The first-order valence-corrected chi connectivity index (χ1v) is 7.90. The number of nitrogens with zero attached hydrogens (tertiary/aromatic N) is 2. The molecule has 2 N–H and O–H groups in total. The summed E-state index contributed by atoms with van der Waals surface area (Å²) in [5.41, 5.74) is 5.39. The Morgan fingerprint density at radius 3 is 2.73 bits per heavy atom. The van der Waals surface area contributed by atoms with Gasteiger partial charge in [0.25, 0.3) is 5.69 Å². The van der Waals surface area contributed by atoms with E-state index >= 15 is 0 Å². The predicted molar refractivity (Wildman–Crippen MR) is 82.9 cm³/mol. The van der Waals surface area contributed by atoms with E-state index < -0.39 is 14.9 Å². The van der Waals surface area contributed by atoms with Gasteiger partial charge in [-0.15, -0.1) is 12.4 Å². The third kappa shape index (κ3) is 3.32. The molecule has 1 fully saturated rings. The van der Waals surface area contributed by atoms with Gasteiger partial charge in [0, 0.05) is 25.2 Å². The largest absolute Gasteiger partial charge is 0.495 e. The summed E-state index contributed by atoms with van der Waals surface area (Å²) in [5, 5.41) is 10.8. The fourth-order valence-electron chi connectivity index (χ4n) is 2.47. The van der Waals surface area contributed by atoms with Gasteiger partial charge in [-0.3, -0.25) is 10.1 Å². The van der Waals surface area contributed by atoms with Crippen molar-refractivity contribution in [2.75, 3.05) is 20.2 Å². The monoisotopic (exact) mass is 351 g/mol. The normalized spacial score (nSPS) is 18.7. The van der Waals surface area contributed by atoms with E-state index in [1.807, 2.05) is 0 Å². The van der Waals surface area contributed by atoms with Gasteiger partial charge in [-0.1, -0.05) is 0 Å². The molecule has 1 aliphatic rings. The van der Waals surface area contributed by atoms with Crippen LogP contribution in [0.4, 0.5) is 5.69 Å². The third-order valence-electron chi connectivity index (χ3n) is 3.54. The van der Waals surface area contributed by atoms with E-state index in [2.05, 4.69) is 0 Å². The van der Waals surface area contributed by atoms with Crippen LogP contribution < -0.4 is 10.5 Å². The van der Waals surface area contributed by atoms with Gasteiger partial charge < -0.3 is 10.5 Å². The summed E-state index contributed by atoms with van der Waals surface area (Å²) in [4.78, 5) is 10.1. The minimum absolute atomic E-state index is 0. The van der Waals surface area contributed by atoms with Gasteiger partial charge in [-0.2, -0.15) is 4.31 Å². The fourth-order valence-corrected chi connectivity index (χ4v) is 4.31. The van der Waals surface area contributed by atoms with Crippen molar-refractivity contribution in [1.82, 2.24) is 4.31 Å². The molecule has 1 aromatic carbocycles. The molecule has 0 spiro atoms. The average molecular weight is 352 g/mol. The van der Waals surface area contributed by atoms with Gasteiger partial charge in [0.05, 0.1) is 18.1 Å². The minimum Gasteiger partial charge on any atom is -0.495 e. The SMILES string of the molecule is COc1cc([N+](=O)[O-])ccc1S(=O)(=O)N1CCCC1CN.Cl. The van der Waals surface area contributed by atoms with Gasteiger partial charge in [0.15, 0.2) is 0 Å². The Labute approximate surface area is 134 Å². The van der Waals surface area contributed by atoms with Gasteiger partial charge in [-0.05, 0) is 18.9 Å². The first-order valence-electron chi connectivity index (χ1n) is 6.46. The van der Waals surface area contributed by atoms with Crippen LogP contribution >= 0.6 is 12.4 Å². The van der Waals surface area contributed by atoms with Crippen LogP contribution in [-0.2, 0) is 10.0 Å². The Morgan fingerprint density at radius 1 is 1.50 bits per heavy atom. The van der Waals surface area contributed by atoms with Crippen molar-refractivity contribution < 1.29 is 18.1 Å². The first kappa shape index (κ1) is 18.6. The van der Waals surface area contributed by atoms with Crippen LogP contribution in [0.1, 0.15) is 12.8 Å². The summed E-state index contributed by atoms with van der Waals surface area (Å²) in [5.74, 6) is -0.0353. The van der Waals surface area contributed by atoms with Crippen molar-refractivity contribution in [3.05, 3.63) is 28.3 Å². The van der Waals surface area contributed by atoms with Crippen molar-refractivity contribution in [2.24, 2.45) is 5.73 Å². The number of nitro benzene ring substituents is 1. The molecule has 0 aliphatic carbocycles. The van der Waals surface area contributed by atoms with Crippen LogP contribution in [-0.4, -0.2) is 43.9 Å². The molecule has 124 valence electrons. The zero-order valence-corrected chi connectivity index (χ0v) is 13.6. The van der Waals surface area contributed by atoms with E-state index in [1.54, 1.807) is 0 Å². The summed E-state index contributed by atoms with van der Waals surface area (Å²) < 4.78 is 31.7. The van der Waals surface area contributed by atoms with E-state index in [9.17, 15) is 18.5 Å². The Hall–Kier alpha value is -1.42. The van der Waals surface area contributed by atoms with Crippen molar-refractivity contribution >= 4 is 28.1 Å². The highest BCUT2D eigenvalue weighted by Gasteiger charge is 2.36. The third-order valence-corrected chi connectivity index (χ3v) is 5.53. The molecule has 22 heavy (non-hydrogen) atoms. The van der Waals surface area contributed by atoms with E-state index in [0.29, 0.717) is 13.0 Å². The lowest BCUT2D eigenvalue weighted by molar-refractivity contribution is -0.385. The van der Waals surface area contributed by atoms with Gasteiger partial charge >= 0.3 is 0 Å². The van der Waals surface area contributed by atoms with Crippen molar-refractivity contribution in [3.8, 4) is 5.75 Å².